The second kappa shape index (κ2) is 50.2. The van der Waals surface area contributed by atoms with Crippen LogP contribution in [0.25, 0.3) is 0 Å². The van der Waals surface area contributed by atoms with Gasteiger partial charge in [-0.3, -0.25) is 9.59 Å². The first-order valence-electron chi connectivity index (χ1n) is 28.4. The van der Waals surface area contributed by atoms with Gasteiger partial charge in [-0.2, -0.15) is 0 Å². The molecule has 12 heteroatoms. The van der Waals surface area contributed by atoms with Crippen LogP contribution in [0.5, 0.6) is 0 Å². The maximum Gasteiger partial charge on any atom is 0.407 e. The number of hydrogen-bond donors (Lipinski definition) is 1. The predicted octanol–water partition coefficient (Wildman–Crippen LogP) is 14.2. The molecule has 1 N–H and O–H groups in total. The van der Waals surface area contributed by atoms with E-state index in [4.69, 9.17) is 33.2 Å². The van der Waals surface area contributed by atoms with Crippen molar-refractivity contribution in [1.82, 2.24) is 10.2 Å². The monoisotopic (exact) mass is 977 g/mol. The molecule has 0 heterocycles. The molecule has 0 spiro atoms. The number of rotatable bonds is 52. The number of amides is 1. The molecule has 0 atom stereocenters. The fourth-order valence-corrected chi connectivity index (χ4v) is 7.98. The average Bonchev–Trinajstić information content (AvgIpc) is 3.36. The summed E-state index contributed by atoms with van der Waals surface area (Å²) in [5, 5.41) is 2.86. The topological polar surface area (TPSA) is 131 Å². The van der Waals surface area contributed by atoms with Crippen LogP contribution in [-0.2, 0) is 49.4 Å². The Bertz CT molecular complexity index is 1170. The van der Waals surface area contributed by atoms with Gasteiger partial charge < -0.3 is 43.4 Å². The van der Waals surface area contributed by atoms with E-state index >= 15 is 0 Å². The molecule has 1 amide bonds. The van der Waals surface area contributed by atoms with Crippen LogP contribution in [0, 0.1) is 0 Å². The Balaban J connectivity index is 2.62. The fraction of sp³-hybridized carbons (Fsp3) is 0.842. The number of alkyl carbamates (subject to hydrolysis) is 1. The summed E-state index contributed by atoms with van der Waals surface area (Å²) < 4.78 is 41.3. The number of nitrogens with zero attached hydrogens (tertiary/aromatic N) is 1. The summed E-state index contributed by atoms with van der Waals surface area (Å²) in [6, 6.07) is 9.61. The highest BCUT2D eigenvalue weighted by Crippen LogP contribution is 2.14. The lowest BCUT2D eigenvalue weighted by atomic mass is 10.1. The van der Waals surface area contributed by atoms with E-state index in [0.717, 1.165) is 56.9 Å². The van der Waals surface area contributed by atoms with Gasteiger partial charge >= 0.3 is 18.0 Å². The Kier molecular flexibility index (Phi) is 46.7. The minimum Gasteiger partial charge on any atom is -0.466 e. The van der Waals surface area contributed by atoms with Crippen LogP contribution in [-0.4, -0.2) is 101 Å². The van der Waals surface area contributed by atoms with E-state index in [-0.39, 0.29) is 31.4 Å². The van der Waals surface area contributed by atoms with Crippen LogP contribution in [0.4, 0.5) is 4.79 Å². The normalized spacial score (nSPS) is 11.5. The fourth-order valence-electron chi connectivity index (χ4n) is 7.98. The molecule has 0 aromatic heterocycles. The van der Waals surface area contributed by atoms with E-state index in [1.54, 1.807) is 0 Å². The van der Waals surface area contributed by atoms with E-state index in [9.17, 15) is 14.4 Å². The molecule has 0 saturated heterocycles. The number of esters is 2. The van der Waals surface area contributed by atoms with Gasteiger partial charge in [0.05, 0.1) is 26.1 Å². The first-order valence-corrected chi connectivity index (χ1v) is 28.4. The van der Waals surface area contributed by atoms with Gasteiger partial charge in [0.2, 0.25) is 0 Å². The molecular weight excluding hydrogens is 873 g/mol. The van der Waals surface area contributed by atoms with Crippen molar-refractivity contribution in [1.29, 1.82) is 0 Å². The van der Waals surface area contributed by atoms with Crippen molar-refractivity contribution in [2.24, 2.45) is 0 Å². The number of ether oxygens (including phenoxy) is 7. The van der Waals surface area contributed by atoms with Crippen molar-refractivity contribution >= 4 is 18.0 Å². The van der Waals surface area contributed by atoms with Crippen LogP contribution in [0.15, 0.2) is 30.3 Å². The Labute approximate surface area is 422 Å². The van der Waals surface area contributed by atoms with Crippen molar-refractivity contribution in [3.8, 4) is 0 Å². The third-order valence-corrected chi connectivity index (χ3v) is 12.3. The van der Waals surface area contributed by atoms with Crippen molar-refractivity contribution in [3.63, 3.8) is 0 Å². The van der Waals surface area contributed by atoms with Crippen LogP contribution < -0.4 is 5.32 Å². The van der Waals surface area contributed by atoms with Crippen molar-refractivity contribution < 1.29 is 47.5 Å². The van der Waals surface area contributed by atoms with Crippen LogP contribution >= 0.6 is 0 Å². The Hall–Kier alpha value is -2.77. The molecule has 1 aromatic carbocycles. The van der Waals surface area contributed by atoms with Gasteiger partial charge in [-0.1, -0.05) is 186 Å². The van der Waals surface area contributed by atoms with E-state index in [1.807, 2.05) is 30.3 Å². The number of carbonyl (C=O) groups is 3. The number of benzene rings is 1. The highest BCUT2D eigenvalue weighted by Gasteiger charge is 2.16. The highest BCUT2D eigenvalue weighted by atomic mass is 16.7. The number of unbranched alkanes of at least 4 members (excludes halogenated alkanes) is 20. The molecule has 1 rings (SSSR count). The largest absolute Gasteiger partial charge is 0.466 e. The molecule has 0 aliphatic heterocycles. The lowest BCUT2D eigenvalue weighted by Gasteiger charge is -2.22. The summed E-state index contributed by atoms with van der Waals surface area (Å²) in [5.41, 5.74) is 0.933. The number of carbonyl (C=O) groups excluding carboxylic acids is 3. The van der Waals surface area contributed by atoms with Gasteiger partial charge in [0.15, 0.2) is 12.6 Å². The Morgan fingerprint density at radius 3 is 1.19 bits per heavy atom. The third-order valence-electron chi connectivity index (χ3n) is 12.3. The second-order valence-electron chi connectivity index (χ2n) is 18.8. The number of hydrogen-bond acceptors (Lipinski definition) is 11. The lowest BCUT2D eigenvalue weighted by Crippen LogP contribution is -2.32. The van der Waals surface area contributed by atoms with Crippen molar-refractivity contribution in [3.05, 3.63) is 35.9 Å². The molecule has 0 unspecified atom stereocenters. The summed E-state index contributed by atoms with van der Waals surface area (Å²) in [4.78, 5) is 40.4. The van der Waals surface area contributed by atoms with Gasteiger partial charge in [-0.25, -0.2) is 4.79 Å². The van der Waals surface area contributed by atoms with Crippen LogP contribution in [0.1, 0.15) is 232 Å². The average molecular weight is 977 g/mol. The van der Waals surface area contributed by atoms with E-state index in [0.29, 0.717) is 97.9 Å². The van der Waals surface area contributed by atoms with Gasteiger partial charge in [-0.05, 0) is 57.1 Å². The maximum absolute atomic E-state index is 12.9. The predicted molar refractivity (Wildman–Crippen MR) is 280 cm³/mol. The van der Waals surface area contributed by atoms with Gasteiger partial charge in [0, 0.05) is 58.9 Å². The summed E-state index contributed by atoms with van der Waals surface area (Å²) in [6.45, 7) is 14.9. The van der Waals surface area contributed by atoms with Crippen molar-refractivity contribution in [2.45, 2.75) is 246 Å². The summed E-state index contributed by atoms with van der Waals surface area (Å²) in [7, 11) is 0. The maximum atomic E-state index is 12.9. The Morgan fingerprint density at radius 2 is 0.797 bits per heavy atom. The molecule has 402 valence electrons. The highest BCUT2D eigenvalue weighted by molar-refractivity contribution is 5.69. The standard InChI is InChI=1S/C57H104N2O10/c1-5-9-13-17-21-28-45-65-55(66-46-29-22-18-14-10-6-2)39-37-53(60)63-49-33-43-59(42-32-41-58-57(62)69-51-52-35-26-25-27-36-52)44-34-50-64-54(61)38-40-56(67-47-30-23-19-15-11-7-3)68-48-31-24-20-16-12-8-4/h25-27,35-36,55-56H,5-24,28-34,37-51H2,1-4H3,(H,58,62). The third kappa shape index (κ3) is 43.7. The molecule has 0 radical (unpaired) electrons. The number of nitrogens with one attached hydrogen (secondary N) is 1. The minimum absolute atomic E-state index is 0.217. The zero-order valence-electron chi connectivity index (χ0n) is 44.8. The molecule has 1 aromatic rings. The second-order valence-corrected chi connectivity index (χ2v) is 18.8. The molecule has 0 aliphatic rings. The van der Waals surface area contributed by atoms with Crippen LogP contribution in [0.3, 0.4) is 0 Å². The Morgan fingerprint density at radius 1 is 0.435 bits per heavy atom. The molecule has 0 aliphatic carbocycles. The molecule has 12 nitrogen and oxygen atoms in total. The summed E-state index contributed by atoms with van der Waals surface area (Å²) in [6.07, 6.45) is 30.9. The molecule has 0 saturated carbocycles. The van der Waals surface area contributed by atoms with E-state index < -0.39 is 18.7 Å². The zero-order chi connectivity index (χ0) is 49.9. The first-order chi connectivity index (χ1) is 33.9. The zero-order valence-corrected chi connectivity index (χ0v) is 44.8. The molecule has 0 bridgehead atoms. The summed E-state index contributed by atoms with van der Waals surface area (Å²) >= 11 is 0. The van der Waals surface area contributed by atoms with Crippen LogP contribution in [0.2, 0.25) is 0 Å². The smallest absolute Gasteiger partial charge is 0.407 e. The van der Waals surface area contributed by atoms with E-state index in [1.165, 1.54) is 103 Å². The molecular formula is C57H104N2O10. The quantitative estimate of drug-likeness (QED) is 0.0290. The molecule has 0 fully saturated rings. The SMILES string of the molecule is CCCCCCCCOC(CCC(=O)OCCCN(CCCNC(=O)OCc1ccccc1)CCCOC(=O)CCC(OCCCCCCCC)OCCCCCCCC)OCCCCCCCC. The summed E-state index contributed by atoms with van der Waals surface area (Å²) in [5.74, 6) is -0.489. The lowest BCUT2D eigenvalue weighted by molar-refractivity contribution is -0.159. The first kappa shape index (κ1) is 64.2. The van der Waals surface area contributed by atoms with Crippen molar-refractivity contribution in [2.75, 3.05) is 65.8 Å². The van der Waals surface area contributed by atoms with Gasteiger partial charge in [0.1, 0.15) is 6.61 Å². The van der Waals surface area contributed by atoms with Gasteiger partial charge in [0.25, 0.3) is 0 Å². The minimum atomic E-state index is -0.449. The molecule has 69 heavy (non-hydrogen) atoms. The van der Waals surface area contributed by atoms with E-state index in [2.05, 4.69) is 37.9 Å². The van der Waals surface area contributed by atoms with Gasteiger partial charge in [-0.15, -0.1) is 0 Å².